The largest absolute Gasteiger partial charge is 0.427 e. The van der Waals surface area contributed by atoms with Gasteiger partial charge in [0.2, 0.25) is 0 Å². The number of nitrogens with one attached hydrogen (secondary N) is 1. The van der Waals surface area contributed by atoms with Crippen LogP contribution < -0.4 is 10.2 Å². The molecule has 0 atom stereocenters. The predicted molar refractivity (Wildman–Crippen MR) is 129 cm³/mol. The maximum Gasteiger partial charge on any atom is 0.308 e. The fraction of sp³-hybridized carbons (Fsp3) is 0.227. The molecule has 0 aliphatic heterocycles. The van der Waals surface area contributed by atoms with Crippen LogP contribution in [-0.2, 0) is 15.3 Å². The summed E-state index contributed by atoms with van der Waals surface area (Å²) in [4.78, 5) is 23.1. The molecule has 0 aliphatic carbocycles. The van der Waals surface area contributed by atoms with Crippen LogP contribution >= 0.6 is 34.9 Å². The summed E-state index contributed by atoms with van der Waals surface area (Å²) < 4.78 is 6.62. The molecule has 1 amide bonds. The van der Waals surface area contributed by atoms with E-state index in [2.05, 4.69) is 51.9 Å². The van der Waals surface area contributed by atoms with Crippen LogP contribution in [0.25, 0.3) is 0 Å². The number of carbonyl (C=O) groups is 2. The van der Waals surface area contributed by atoms with Crippen LogP contribution in [0.2, 0.25) is 0 Å². The van der Waals surface area contributed by atoms with Gasteiger partial charge in [-0.1, -0.05) is 64.7 Å². The molecule has 0 saturated carbocycles. The molecule has 7 nitrogen and oxygen atoms in total. The molecule has 0 spiro atoms. The number of benzene rings is 2. The van der Waals surface area contributed by atoms with Gasteiger partial charge in [0.25, 0.3) is 5.91 Å². The van der Waals surface area contributed by atoms with Crippen molar-refractivity contribution in [1.82, 2.24) is 15.6 Å². The van der Waals surface area contributed by atoms with E-state index < -0.39 is 0 Å². The minimum Gasteiger partial charge on any atom is -0.427 e. The van der Waals surface area contributed by atoms with Gasteiger partial charge in [0, 0.05) is 12.7 Å². The smallest absolute Gasteiger partial charge is 0.308 e. The number of nitrogens with zero attached hydrogens (tertiary/aromatic N) is 3. The SMILES string of the molecule is CC(=O)Oc1ccc(C(C)=NNC(=O)CSc2nnc(SCc3ccc(C)cc3)s2)cc1. The maximum absolute atomic E-state index is 12.1. The molecular weight excluding hydrogens is 464 g/mol. The molecule has 0 saturated heterocycles. The van der Waals surface area contributed by atoms with Gasteiger partial charge in [0.1, 0.15) is 5.75 Å². The van der Waals surface area contributed by atoms with Gasteiger partial charge in [-0.3, -0.25) is 9.59 Å². The van der Waals surface area contributed by atoms with Crippen molar-refractivity contribution in [3.8, 4) is 5.75 Å². The summed E-state index contributed by atoms with van der Waals surface area (Å²) in [5.41, 5.74) is 6.48. The third kappa shape index (κ3) is 7.77. The van der Waals surface area contributed by atoms with Crippen LogP contribution in [0.1, 0.15) is 30.5 Å². The van der Waals surface area contributed by atoms with Crippen molar-refractivity contribution in [3.63, 3.8) is 0 Å². The summed E-state index contributed by atoms with van der Waals surface area (Å²) in [7, 11) is 0. The maximum atomic E-state index is 12.1. The zero-order valence-corrected chi connectivity index (χ0v) is 20.3. The van der Waals surface area contributed by atoms with Gasteiger partial charge in [0.15, 0.2) is 8.68 Å². The second-order valence-corrected chi connectivity index (χ2v) is 10.2. The Morgan fingerprint density at radius 1 is 1.00 bits per heavy atom. The molecule has 32 heavy (non-hydrogen) atoms. The molecule has 10 heteroatoms. The highest BCUT2D eigenvalue weighted by atomic mass is 32.2. The molecule has 166 valence electrons. The van der Waals surface area contributed by atoms with Gasteiger partial charge in [0.05, 0.1) is 11.5 Å². The number of thioether (sulfide) groups is 2. The Kier molecular flexibility index (Phi) is 8.83. The molecule has 3 rings (SSSR count). The summed E-state index contributed by atoms with van der Waals surface area (Å²) in [5.74, 6) is 0.883. The van der Waals surface area contributed by atoms with Crippen molar-refractivity contribution in [3.05, 3.63) is 65.2 Å². The summed E-state index contributed by atoms with van der Waals surface area (Å²) in [5, 5.41) is 12.5. The first-order chi connectivity index (χ1) is 15.4. The normalized spacial score (nSPS) is 11.3. The molecule has 0 unspecified atom stereocenters. The number of esters is 1. The Labute approximate surface area is 199 Å². The standard InChI is InChI=1S/C22H22N4O3S3/c1-14-4-6-17(7-5-14)12-30-21-25-26-22(32-21)31-13-20(28)24-23-15(2)18-8-10-19(11-9-18)29-16(3)27/h4-11H,12-13H2,1-3H3,(H,24,28). The third-order valence-electron chi connectivity index (χ3n) is 4.08. The van der Waals surface area contributed by atoms with E-state index in [1.807, 2.05) is 0 Å². The van der Waals surface area contributed by atoms with Crippen molar-refractivity contribution in [2.45, 2.75) is 35.2 Å². The topological polar surface area (TPSA) is 93.5 Å². The number of aryl methyl sites for hydroxylation is 1. The van der Waals surface area contributed by atoms with Crippen LogP contribution in [0, 0.1) is 6.92 Å². The number of rotatable bonds is 9. The fourth-order valence-corrected chi connectivity index (χ4v) is 5.21. The van der Waals surface area contributed by atoms with E-state index in [1.54, 1.807) is 43.0 Å². The highest BCUT2D eigenvalue weighted by molar-refractivity contribution is 8.03. The van der Waals surface area contributed by atoms with Gasteiger partial charge in [-0.15, -0.1) is 10.2 Å². The Morgan fingerprint density at radius 2 is 1.66 bits per heavy atom. The second-order valence-electron chi connectivity index (χ2n) is 6.75. The Morgan fingerprint density at radius 3 is 2.31 bits per heavy atom. The monoisotopic (exact) mass is 486 g/mol. The molecule has 2 aromatic carbocycles. The van der Waals surface area contributed by atoms with Crippen molar-refractivity contribution < 1.29 is 14.3 Å². The zero-order chi connectivity index (χ0) is 22.9. The minimum atomic E-state index is -0.375. The number of aromatic nitrogens is 2. The molecule has 1 aromatic heterocycles. The highest BCUT2D eigenvalue weighted by Gasteiger charge is 2.09. The lowest BCUT2D eigenvalue weighted by Crippen LogP contribution is -2.21. The van der Waals surface area contributed by atoms with Gasteiger partial charge in [-0.05, 0) is 49.2 Å². The number of hydrazone groups is 1. The van der Waals surface area contributed by atoms with E-state index in [-0.39, 0.29) is 17.6 Å². The third-order valence-corrected chi connectivity index (χ3v) is 7.34. The summed E-state index contributed by atoms with van der Waals surface area (Å²) in [6.45, 7) is 5.20. The van der Waals surface area contributed by atoms with Crippen molar-refractivity contribution in [2.24, 2.45) is 5.10 Å². The molecule has 1 heterocycles. The first-order valence-electron chi connectivity index (χ1n) is 9.65. The lowest BCUT2D eigenvalue weighted by atomic mass is 10.1. The van der Waals surface area contributed by atoms with E-state index in [4.69, 9.17) is 4.74 Å². The van der Waals surface area contributed by atoms with E-state index in [0.717, 1.165) is 20.0 Å². The average Bonchev–Trinajstić information content (AvgIpc) is 3.23. The van der Waals surface area contributed by atoms with Crippen LogP contribution in [0.15, 0.2) is 62.3 Å². The summed E-state index contributed by atoms with van der Waals surface area (Å²) in [6, 6.07) is 15.3. The van der Waals surface area contributed by atoms with E-state index in [9.17, 15) is 9.59 Å². The van der Waals surface area contributed by atoms with Gasteiger partial charge >= 0.3 is 5.97 Å². The van der Waals surface area contributed by atoms with Crippen LogP contribution in [0.4, 0.5) is 0 Å². The minimum absolute atomic E-state index is 0.194. The Balaban J connectivity index is 1.43. The highest BCUT2D eigenvalue weighted by Crippen LogP contribution is 2.30. The molecule has 0 radical (unpaired) electrons. The van der Waals surface area contributed by atoms with Crippen LogP contribution in [0.3, 0.4) is 0 Å². The molecule has 3 aromatic rings. The molecule has 1 N–H and O–H groups in total. The lowest BCUT2D eigenvalue weighted by molar-refractivity contribution is -0.131. The lowest BCUT2D eigenvalue weighted by Gasteiger charge is -2.04. The summed E-state index contributed by atoms with van der Waals surface area (Å²) >= 11 is 4.44. The van der Waals surface area contributed by atoms with E-state index >= 15 is 0 Å². The number of hydrogen-bond acceptors (Lipinski definition) is 9. The Bertz CT molecular complexity index is 1100. The number of ether oxygens (including phenoxy) is 1. The molecular formula is C22H22N4O3S3. The van der Waals surface area contributed by atoms with Gasteiger partial charge in [-0.2, -0.15) is 5.10 Å². The quantitative estimate of drug-likeness (QED) is 0.154. The number of hydrogen-bond donors (Lipinski definition) is 1. The number of amides is 1. The van der Waals surface area contributed by atoms with Crippen molar-refractivity contribution in [2.75, 3.05) is 5.75 Å². The zero-order valence-electron chi connectivity index (χ0n) is 17.8. The van der Waals surface area contributed by atoms with Crippen LogP contribution in [-0.4, -0.2) is 33.5 Å². The van der Waals surface area contributed by atoms with Crippen LogP contribution in [0.5, 0.6) is 5.75 Å². The fourth-order valence-electron chi connectivity index (χ4n) is 2.44. The number of carbonyl (C=O) groups excluding carboxylic acids is 2. The average molecular weight is 487 g/mol. The van der Waals surface area contributed by atoms with Gasteiger partial charge < -0.3 is 4.74 Å². The predicted octanol–water partition coefficient (Wildman–Crippen LogP) is 4.70. The Hall–Kier alpha value is -2.69. The van der Waals surface area contributed by atoms with E-state index in [1.165, 1.54) is 41.1 Å². The second kappa shape index (κ2) is 11.8. The molecule has 0 bridgehead atoms. The van der Waals surface area contributed by atoms with Gasteiger partial charge in [-0.25, -0.2) is 5.43 Å². The molecule has 0 fully saturated rings. The molecule has 0 aliphatic rings. The first kappa shape index (κ1) is 24.0. The summed E-state index contributed by atoms with van der Waals surface area (Å²) in [6.07, 6.45) is 0. The van der Waals surface area contributed by atoms with Crippen molar-refractivity contribution in [1.29, 1.82) is 0 Å². The van der Waals surface area contributed by atoms with E-state index in [0.29, 0.717) is 11.5 Å². The first-order valence-corrected chi connectivity index (χ1v) is 12.4. The van der Waals surface area contributed by atoms with Crippen molar-refractivity contribution >= 4 is 52.4 Å².